The molecule has 0 bridgehead atoms. The van der Waals surface area contributed by atoms with Gasteiger partial charge in [0.1, 0.15) is 29.8 Å². The fourth-order valence-electron chi connectivity index (χ4n) is 2.88. The van der Waals surface area contributed by atoms with E-state index in [4.69, 9.17) is 23.7 Å². The molecule has 6 heteroatoms. The maximum atomic E-state index is 10.2. The SMILES string of the molecule is COc1ccc(COC/C=C\[C@@H](O)[C@@H]2O[C@@H]2COCc2ccc(OC)cc2)cc1. The van der Waals surface area contributed by atoms with Crippen molar-refractivity contribution in [2.24, 2.45) is 0 Å². The molecule has 0 aliphatic carbocycles. The third-order valence-corrected chi connectivity index (χ3v) is 4.64. The molecule has 3 atom stereocenters. The Hall–Kier alpha value is -2.38. The van der Waals surface area contributed by atoms with E-state index in [0.29, 0.717) is 26.4 Å². The molecule has 3 rings (SSSR count). The summed E-state index contributed by atoms with van der Waals surface area (Å²) in [5, 5.41) is 10.2. The summed E-state index contributed by atoms with van der Waals surface area (Å²) in [6, 6.07) is 15.5. The van der Waals surface area contributed by atoms with Crippen molar-refractivity contribution < 1.29 is 28.8 Å². The number of ether oxygens (including phenoxy) is 5. The number of benzene rings is 2. The predicted molar refractivity (Wildman–Crippen MR) is 109 cm³/mol. The fourth-order valence-corrected chi connectivity index (χ4v) is 2.88. The van der Waals surface area contributed by atoms with Crippen LogP contribution in [0.15, 0.2) is 60.7 Å². The van der Waals surface area contributed by atoms with Crippen molar-refractivity contribution in [1.29, 1.82) is 0 Å². The smallest absolute Gasteiger partial charge is 0.118 e. The molecule has 0 saturated carbocycles. The van der Waals surface area contributed by atoms with E-state index in [2.05, 4.69) is 0 Å². The minimum absolute atomic E-state index is 0.0758. The molecule has 2 aromatic rings. The highest BCUT2D eigenvalue weighted by molar-refractivity contribution is 5.27. The first-order valence-corrected chi connectivity index (χ1v) is 9.61. The van der Waals surface area contributed by atoms with E-state index in [0.717, 1.165) is 22.6 Å². The number of aliphatic hydroxyl groups excluding tert-OH is 1. The highest BCUT2D eigenvalue weighted by atomic mass is 16.6. The van der Waals surface area contributed by atoms with Crippen molar-refractivity contribution in [3.8, 4) is 11.5 Å². The molecule has 0 spiro atoms. The molecule has 0 aromatic heterocycles. The quantitative estimate of drug-likeness (QED) is 0.335. The van der Waals surface area contributed by atoms with Gasteiger partial charge >= 0.3 is 0 Å². The van der Waals surface area contributed by atoms with Crippen molar-refractivity contribution in [3.63, 3.8) is 0 Å². The summed E-state index contributed by atoms with van der Waals surface area (Å²) in [6.45, 7) is 1.89. The minimum atomic E-state index is -0.658. The van der Waals surface area contributed by atoms with Crippen LogP contribution in [-0.4, -0.2) is 50.9 Å². The number of hydrogen-bond donors (Lipinski definition) is 1. The Kier molecular flexibility index (Phi) is 8.07. The van der Waals surface area contributed by atoms with E-state index >= 15 is 0 Å². The Morgan fingerprint density at radius 3 is 2.00 bits per heavy atom. The molecule has 6 nitrogen and oxygen atoms in total. The second-order valence-electron chi connectivity index (χ2n) is 6.78. The van der Waals surface area contributed by atoms with Crippen LogP contribution in [-0.2, 0) is 27.4 Å². The lowest BCUT2D eigenvalue weighted by Crippen LogP contribution is -2.16. The standard InChI is InChI=1S/C23H28O6/c1-25-19-9-5-17(6-10-19)14-27-13-3-4-21(24)23-22(29-23)16-28-15-18-7-11-20(26-2)12-8-18/h3-12,21-24H,13-16H2,1-2H3/b4-3-/t21-,22-,23+/m1/s1. The third kappa shape index (κ3) is 6.87. The number of hydrogen-bond acceptors (Lipinski definition) is 6. The summed E-state index contributed by atoms with van der Waals surface area (Å²) in [7, 11) is 3.28. The Bertz CT molecular complexity index is 756. The van der Waals surface area contributed by atoms with Crippen LogP contribution < -0.4 is 9.47 Å². The van der Waals surface area contributed by atoms with Gasteiger partial charge in [-0.15, -0.1) is 0 Å². The molecular formula is C23H28O6. The van der Waals surface area contributed by atoms with Crippen LogP contribution in [0.2, 0.25) is 0 Å². The molecule has 0 radical (unpaired) electrons. The molecule has 0 unspecified atom stereocenters. The Morgan fingerprint density at radius 2 is 1.45 bits per heavy atom. The first-order valence-electron chi connectivity index (χ1n) is 9.61. The molecule has 1 aliphatic rings. The Labute approximate surface area is 171 Å². The van der Waals surface area contributed by atoms with Crippen LogP contribution in [0.3, 0.4) is 0 Å². The van der Waals surface area contributed by atoms with Gasteiger partial charge in [-0.05, 0) is 35.4 Å². The van der Waals surface area contributed by atoms with Gasteiger partial charge in [0.05, 0.1) is 40.6 Å². The van der Waals surface area contributed by atoms with Crippen LogP contribution in [0.25, 0.3) is 0 Å². The van der Waals surface area contributed by atoms with Crippen molar-refractivity contribution in [2.75, 3.05) is 27.4 Å². The lowest BCUT2D eigenvalue weighted by atomic mass is 10.2. The van der Waals surface area contributed by atoms with E-state index in [1.165, 1.54) is 0 Å². The highest BCUT2D eigenvalue weighted by Crippen LogP contribution is 2.27. The molecule has 29 heavy (non-hydrogen) atoms. The Balaban J connectivity index is 1.27. The monoisotopic (exact) mass is 400 g/mol. The summed E-state index contributed by atoms with van der Waals surface area (Å²) in [4.78, 5) is 0. The van der Waals surface area contributed by atoms with E-state index in [1.807, 2.05) is 54.6 Å². The molecule has 1 fully saturated rings. The number of aliphatic hydroxyl groups is 1. The van der Waals surface area contributed by atoms with Crippen LogP contribution in [0.5, 0.6) is 11.5 Å². The molecule has 156 valence electrons. The topological polar surface area (TPSA) is 69.7 Å². The second kappa shape index (κ2) is 11.0. The van der Waals surface area contributed by atoms with Crippen LogP contribution in [0.4, 0.5) is 0 Å². The van der Waals surface area contributed by atoms with Gasteiger partial charge in [-0.2, -0.15) is 0 Å². The second-order valence-corrected chi connectivity index (χ2v) is 6.78. The van der Waals surface area contributed by atoms with Crippen LogP contribution in [0.1, 0.15) is 11.1 Å². The average molecular weight is 400 g/mol. The van der Waals surface area contributed by atoms with Crippen molar-refractivity contribution >= 4 is 0 Å². The lowest BCUT2D eigenvalue weighted by molar-refractivity contribution is 0.104. The van der Waals surface area contributed by atoms with E-state index in [9.17, 15) is 5.11 Å². The van der Waals surface area contributed by atoms with Gasteiger partial charge in [-0.1, -0.05) is 36.4 Å². The van der Waals surface area contributed by atoms with E-state index < -0.39 is 6.10 Å². The maximum absolute atomic E-state index is 10.2. The van der Waals surface area contributed by atoms with Crippen LogP contribution in [0, 0.1) is 0 Å². The number of rotatable bonds is 12. The van der Waals surface area contributed by atoms with Gasteiger partial charge in [-0.25, -0.2) is 0 Å². The zero-order valence-electron chi connectivity index (χ0n) is 16.8. The Morgan fingerprint density at radius 1 is 0.897 bits per heavy atom. The molecule has 0 amide bonds. The molecule has 2 aromatic carbocycles. The maximum Gasteiger partial charge on any atom is 0.118 e. The van der Waals surface area contributed by atoms with E-state index in [1.54, 1.807) is 20.3 Å². The molecule has 1 aliphatic heterocycles. The molecule has 1 N–H and O–H groups in total. The molecule has 1 heterocycles. The fraction of sp³-hybridized carbons (Fsp3) is 0.391. The number of epoxide rings is 1. The minimum Gasteiger partial charge on any atom is -0.497 e. The van der Waals surface area contributed by atoms with Gasteiger partial charge in [0.15, 0.2) is 0 Å². The van der Waals surface area contributed by atoms with Crippen molar-refractivity contribution in [2.45, 2.75) is 31.5 Å². The summed E-state index contributed by atoms with van der Waals surface area (Å²) in [5.74, 6) is 1.64. The van der Waals surface area contributed by atoms with Crippen molar-refractivity contribution in [1.82, 2.24) is 0 Å². The van der Waals surface area contributed by atoms with Crippen LogP contribution >= 0.6 is 0 Å². The van der Waals surface area contributed by atoms with Gasteiger partial charge < -0.3 is 28.8 Å². The highest BCUT2D eigenvalue weighted by Gasteiger charge is 2.43. The summed E-state index contributed by atoms with van der Waals surface area (Å²) < 4.78 is 27.0. The van der Waals surface area contributed by atoms with Gasteiger partial charge in [0.25, 0.3) is 0 Å². The first kappa shape index (κ1) is 21.3. The average Bonchev–Trinajstić information content (AvgIpc) is 3.54. The van der Waals surface area contributed by atoms with Crippen molar-refractivity contribution in [3.05, 3.63) is 71.8 Å². The first-order chi connectivity index (χ1) is 14.2. The van der Waals surface area contributed by atoms with E-state index in [-0.39, 0.29) is 12.2 Å². The van der Waals surface area contributed by atoms with Gasteiger partial charge in [0.2, 0.25) is 0 Å². The summed E-state index contributed by atoms with van der Waals surface area (Å²) >= 11 is 0. The summed E-state index contributed by atoms with van der Waals surface area (Å²) in [6.07, 6.45) is 2.57. The van der Waals surface area contributed by atoms with Gasteiger partial charge in [0, 0.05) is 0 Å². The zero-order valence-corrected chi connectivity index (χ0v) is 16.8. The zero-order chi connectivity index (χ0) is 20.5. The molecule has 1 saturated heterocycles. The van der Waals surface area contributed by atoms with Gasteiger partial charge in [-0.3, -0.25) is 0 Å². The molecular weight excluding hydrogens is 372 g/mol. The number of methoxy groups -OCH3 is 2. The largest absolute Gasteiger partial charge is 0.497 e. The lowest BCUT2D eigenvalue weighted by Gasteiger charge is -2.05. The summed E-state index contributed by atoms with van der Waals surface area (Å²) in [5.41, 5.74) is 2.14. The third-order valence-electron chi connectivity index (χ3n) is 4.64. The normalized spacial score (nSPS) is 19.3. The predicted octanol–water partition coefficient (Wildman–Crippen LogP) is 3.12.